The summed E-state index contributed by atoms with van der Waals surface area (Å²) in [7, 11) is 3.65. The Hall–Kier alpha value is -3.78. The van der Waals surface area contributed by atoms with Crippen LogP contribution in [0.3, 0.4) is 0 Å². The fourth-order valence-corrected chi connectivity index (χ4v) is 3.56. The molecule has 0 radical (unpaired) electrons. The molecule has 1 aromatic carbocycles. The Bertz CT molecular complexity index is 1470. The fourth-order valence-electron chi connectivity index (χ4n) is 3.40. The lowest BCUT2D eigenvalue weighted by molar-refractivity contribution is 0.102. The van der Waals surface area contributed by atoms with Gasteiger partial charge < -0.3 is 14.8 Å². The number of hydrogen-bond donors (Lipinski definition) is 1. The van der Waals surface area contributed by atoms with Crippen molar-refractivity contribution in [1.82, 2.24) is 14.5 Å². The average Bonchev–Trinajstić information content (AvgIpc) is 2.76. The van der Waals surface area contributed by atoms with E-state index in [9.17, 15) is 14.0 Å². The van der Waals surface area contributed by atoms with Crippen LogP contribution in [0.2, 0.25) is 5.02 Å². The average molecular weight is 466 g/mol. The molecule has 1 amide bonds. The van der Waals surface area contributed by atoms with Crippen LogP contribution in [0.1, 0.15) is 21.6 Å². The van der Waals surface area contributed by atoms with E-state index >= 15 is 0 Å². The van der Waals surface area contributed by atoms with Crippen LogP contribution in [-0.2, 0) is 0 Å². The molecule has 0 unspecified atom stereocenters. The van der Waals surface area contributed by atoms with Crippen LogP contribution < -0.4 is 15.6 Å². The molecule has 4 rings (SSSR count). The van der Waals surface area contributed by atoms with Gasteiger partial charge in [0.25, 0.3) is 5.91 Å². The maximum Gasteiger partial charge on any atom is 0.261 e. The summed E-state index contributed by atoms with van der Waals surface area (Å²) in [5.74, 6) is -0.595. The number of rotatable bonds is 4. The predicted octanol–water partition coefficient (Wildman–Crippen LogP) is 4.51. The van der Waals surface area contributed by atoms with E-state index < -0.39 is 17.2 Å². The van der Waals surface area contributed by atoms with Gasteiger partial charge in [-0.1, -0.05) is 11.6 Å². The first-order valence-corrected chi connectivity index (χ1v) is 10.5. The second-order valence-corrected chi connectivity index (χ2v) is 8.28. The second kappa shape index (κ2) is 8.63. The molecule has 7 nitrogen and oxygen atoms in total. The minimum atomic E-state index is -0.638. The molecule has 0 bridgehead atoms. The summed E-state index contributed by atoms with van der Waals surface area (Å²) < 4.78 is 16.3. The quantitative estimate of drug-likeness (QED) is 0.479. The molecule has 9 heteroatoms. The molecular weight excluding hydrogens is 445 g/mol. The first kappa shape index (κ1) is 22.4. The van der Waals surface area contributed by atoms with Crippen molar-refractivity contribution in [3.63, 3.8) is 0 Å². The van der Waals surface area contributed by atoms with E-state index in [-0.39, 0.29) is 21.8 Å². The van der Waals surface area contributed by atoms with Gasteiger partial charge in [-0.2, -0.15) is 0 Å². The second-order valence-electron chi connectivity index (χ2n) is 7.85. The van der Waals surface area contributed by atoms with Crippen LogP contribution in [0, 0.1) is 19.7 Å². The number of nitrogens with one attached hydrogen (secondary N) is 1. The van der Waals surface area contributed by atoms with E-state index in [0.717, 1.165) is 5.56 Å². The standard InChI is InChI=1S/C24H21ClFN5O2/c1-13-9-20-22(28-14(13)2)23(32)17(12-31(20)19-6-5-15(25)10-18(19)26)24(33)29-16-7-8-27-21(11-16)30(3)4/h5-12H,1-4H3,(H,27,29,33). The van der Waals surface area contributed by atoms with Crippen molar-refractivity contribution in [2.75, 3.05) is 24.3 Å². The van der Waals surface area contributed by atoms with E-state index in [1.54, 1.807) is 36.2 Å². The lowest BCUT2D eigenvalue weighted by Gasteiger charge is -2.16. The number of anilines is 2. The number of amides is 1. The van der Waals surface area contributed by atoms with Gasteiger partial charge in [0.1, 0.15) is 22.7 Å². The van der Waals surface area contributed by atoms with Crippen molar-refractivity contribution in [1.29, 1.82) is 0 Å². The van der Waals surface area contributed by atoms with Crippen molar-refractivity contribution >= 4 is 40.0 Å². The van der Waals surface area contributed by atoms with E-state index in [1.807, 2.05) is 21.0 Å². The van der Waals surface area contributed by atoms with E-state index in [1.165, 1.54) is 29.0 Å². The summed E-state index contributed by atoms with van der Waals surface area (Å²) in [6.07, 6.45) is 2.89. The first-order valence-electron chi connectivity index (χ1n) is 10.1. The third-order valence-corrected chi connectivity index (χ3v) is 5.53. The smallest absolute Gasteiger partial charge is 0.261 e. The number of pyridine rings is 3. The van der Waals surface area contributed by atoms with Crippen LogP contribution in [0.15, 0.2) is 53.6 Å². The normalized spacial score (nSPS) is 11.0. The molecule has 4 aromatic rings. The molecule has 0 fully saturated rings. The topological polar surface area (TPSA) is 80.1 Å². The summed E-state index contributed by atoms with van der Waals surface area (Å²) in [6.45, 7) is 3.62. The zero-order valence-corrected chi connectivity index (χ0v) is 19.2. The minimum Gasteiger partial charge on any atom is -0.363 e. The Morgan fingerprint density at radius 3 is 2.61 bits per heavy atom. The number of nitrogens with zero attached hydrogens (tertiary/aromatic N) is 4. The third-order valence-electron chi connectivity index (χ3n) is 5.30. The Labute approximate surface area is 194 Å². The van der Waals surface area contributed by atoms with Crippen LogP contribution in [0.5, 0.6) is 0 Å². The molecule has 3 aromatic heterocycles. The summed E-state index contributed by atoms with van der Waals surface area (Å²) in [4.78, 5) is 36.8. The van der Waals surface area contributed by atoms with E-state index in [2.05, 4.69) is 15.3 Å². The molecule has 0 saturated carbocycles. The highest BCUT2D eigenvalue weighted by Gasteiger charge is 2.20. The number of halogens is 2. The Kier molecular flexibility index (Phi) is 5.86. The number of fused-ring (bicyclic) bond motifs is 1. The first-order chi connectivity index (χ1) is 15.7. The van der Waals surface area contributed by atoms with Crippen LogP contribution in [-0.4, -0.2) is 34.5 Å². The van der Waals surface area contributed by atoms with Crippen LogP contribution in [0.25, 0.3) is 16.7 Å². The van der Waals surface area contributed by atoms with Gasteiger partial charge in [0.15, 0.2) is 0 Å². The van der Waals surface area contributed by atoms with Gasteiger partial charge in [-0.3, -0.25) is 9.59 Å². The molecule has 0 aliphatic heterocycles. The molecule has 168 valence electrons. The summed E-state index contributed by atoms with van der Waals surface area (Å²) in [5.41, 5.74) is 1.83. The molecule has 0 atom stereocenters. The molecule has 3 heterocycles. The molecule has 33 heavy (non-hydrogen) atoms. The number of benzene rings is 1. The molecule has 0 aliphatic carbocycles. The number of carbonyl (C=O) groups excluding carboxylic acids is 1. The van der Waals surface area contributed by atoms with E-state index in [4.69, 9.17) is 11.6 Å². The summed E-state index contributed by atoms with van der Waals surface area (Å²) >= 11 is 5.92. The largest absolute Gasteiger partial charge is 0.363 e. The third kappa shape index (κ3) is 4.29. The fraction of sp³-hybridized carbons (Fsp3) is 0.167. The van der Waals surface area contributed by atoms with Crippen LogP contribution in [0.4, 0.5) is 15.9 Å². The lowest BCUT2D eigenvalue weighted by atomic mass is 10.1. The zero-order valence-electron chi connectivity index (χ0n) is 18.5. The van der Waals surface area contributed by atoms with Gasteiger partial charge in [-0.05, 0) is 49.7 Å². The summed E-state index contributed by atoms with van der Waals surface area (Å²) in [6, 6.07) is 9.26. The molecule has 0 aliphatic rings. The van der Waals surface area contributed by atoms with Gasteiger partial charge in [0, 0.05) is 49.0 Å². The maximum absolute atomic E-state index is 14.8. The molecule has 0 saturated heterocycles. The minimum absolute atomic E-state index is 0.0730. The van der Waals surface area contributed by atoms with Gasteiger partial charge in [-0.25, -0.2) is 14.4 Å². The van der Waals surface area contributed by atoms with Gasteiger partial charge in [0.05, 0.1) is 11.2 Å². The Balaban J connectivity index is 1.91. The van der Waals surface area contributed by atoms with Crippen molar-refractivity contribution in [2.24, 2.45) is 0 Å². The molecular formula is C24H21ClFN5O2. The van der Waals surface area contributed by atoms with Crippen molar-refractivity contribution in [3.8, 4) is 5.69 Å². The molecule has 1 N–H and O–H groups in total. The van der Waals surface area contributed by atoms with E-state index in [0.29, 0.717) is 22.7 Å². The van der Waals surface area contributed by atoms with Gasteiger partial charge in [0.2, 0.25) is 5.43 Å². The van der Waals surface area contributed by atoms with Crippen molar-refractivity contribution in [3.05, 3.63) is 86.7 Å². The SMILES string of the molecule is Cc1cc2c(nc1C)c(=O)c(C(=O)Nc1ccnc(N(C)C)c1)cn2-c1ccc(Cl)cc1F. The highest BCUT2D eigenvalue weighted by atomic mass is 35.5. The zero-order chi connectivity index (χ0) is 23.9. The number of carbonyl (C=O) groups is 1. The number of aromatic nitrogens is 3. The molecule has 0 spiro atoms. The Morgan fingerprint density at radius 2 is 1.91 bits per heavy atom. The Morgan fingerprint density at radius 1 is 1.15 bits per heavy atom. The van der Waals surface area contributed by atoms with Gasteiger partial charge >= 0.3 is 0 Å². The van der Waals surface area contributed by atoms with Gasteiger partial charge in [-0.15, -0.1) is 0 Å². The highest BCUT2D eigenvalue weighted by molar-refractivity contribution is 6.30. The summed E-state index contributed by atoms with van der Waals surface area (Å²) in [5, 5.41) is 2.96. The van der Waals surface area contributed by atoms with Crippen LogP contribution >= 0.6 is 11.6 Å². The highest BCUT2D eigenvalue weighted by Crippen LogP contribution is 2.24. The van der Waals surface area contributed by atoms with Crippen molar-refractivity contribution in [2.45, 2.75) is 13.8 Å². The monoisotopic (exact) mass is 465 g/mol. The number of hydrogen-bond acceptors (Lipinski definition) is 5. The number of aryl methyl sites for hydroxylation is 2. The lowest BCUT2D eigenvalue weighted by Crippen LogP contribution is -2.25. The predicted molar refractivity (Wildman–Crippen MR) is 128 cm³/mol. The maximum atomic E-state index is 14.8. The van der Waals surface area contributed by atoms with Crippen molar-refractivity contribution < 1.29 is 9.18 Å².